The molecule has 0 aliphatic carbocycles. The van der Waals surface area contributed by atoms with Gasteiger partial charge in [-0.05, 0) is 19.8 Å². The molecule has 0 rings (SSSR count). The first-order chi connectivity index (χ1) is 6.70. The molecule has 0 radical (unpaired) electrons. The van der Waals surface area contributed by atoms with Gasteiger partial charge in [0.05, 0.1) is 12.7 Å². The van der Waals surface area contributed by atoms with Crippen LogP contribution in [-0.2, 0) is 14.2 Å². The first-order valence-corrected chi connectivity index (χ1v) is 5.10. The summed E-state index contributed by atoms with van der Waals surface area (Å²) in [5, 5.41) is 9.17. The van der Waals surface area contributed by atoms with Crippen molar-refractivity contribution in [2.45, 2.75) is 39.1 Å². The monoisotopic (exact) mass is 206 g/mol. The third kappa shape index (κ3) is 8.44. The quantitative estimate of drug-likeness (QED) is 0.454. The molecule has 4 nitrogen and oxygen atoms in total. The molecule has 86 valence electrons. The van der Waals surface area contributed by atoms with Gasteiger partial charge in [-0.1, -0.05) is 6.92 Å². The highest BCUT2D eigenvalue weighted by molar-refractivity contribution is 4.49. The maximum Gasteiger partial charge on any atom is 0.154 e. The van der Waals surface area contributed by atoms with E-state index in [2.05, 4.69) is 0 Å². The zero-order valence-electron chi connectivity index (χ0n) is 9.36. The number of hydrogen-bond donors (Lipinski definition) is 1. The van der Waals surface area contributed by atoms with Crippen molar-refractivity contribution in [3.8, 4) is 0 Å². The Bertz CT molecular complexity index is 119. The van der Waals surface area contributed by atoms with Gasteiger partial charge in [-0.3, -0.25) is 0 Å². The van der Waals surface area contributed by atoms with Crippen LogP contribution in [0.25, 0.3) is 0 Å². The Morgan fingerprint density at radius 1 is 1.29 bits per heavy atom. The summed E-state index contributed by atoms with van der Waals surface area (Å²) in [4.78, 5) is 0. The first kappa shape index (κ1) is 13.8. The van der Waals surface area contributed by atoms with Crippen LogP contribution in [0.1, 0.15) is 26.7 Å². The van der Waals surface area contributed by atoms with Crippen LogP contribution in [0.15, 0.2) is 0 Å². The number of aliphatic hydroxyl groups is 1. The minimum absolute atomic E-state index is 0.0625. The van der Waals surface area contributed by atoms with E-state index in [4.69, 9.17) is 14.2 Å². The van der Waals surface area contributed by atoms with Crippen LogP contribution in [0.4, 0.5) is 0 Å². The van der Waals surface area contributed by atoms with Gasteiger partial charge in [0.1, 0.15) is 0 Å². The van der Waals surface area contributed by atoms with Gasteiger partial charge in [0, 0.05) is 20.3 Å². The lowest BCUT2D eigenvalue weighted by atomic mass is 10.4. The normalized spacial score (nSPS) is 15.4. The maximum atomic E-state index is 9.17. The molecular formula is C10H22O4. The van der Waals surface area contributed by atoms with Crippen molar-refractivity contribution in [1.82, 2.24) is 0 Å². The molecule has 0 saturated carbocycles. The lowest BCUT2D eigenvalue weighted by molar-refractivity contribution is -0.147. The molecule has 2 atom stereocenters. The van der Waals surface area contributed by atoms with Crippen molar-refractivity contribution in [1.29, 1.82) is 0 Å². The summed E-state index contributed by atoms with van der Waals surface area (Å²) in [6.07, 6.45) is 0.758. The number of aliphatic hydroxyl groups excluding tert-OH is 1. The fourth-order valence-electron chi connectivity index (χ4n) is 0.958. The third-order valence-corrected chi connectivity index (χ3v) is 1.73. The summed E-state index contributed by atoms with van der Waals surface area (Å²) in [7, 11) is 1.67. The standard InChI is InChI=1S/C10H22O4/c1-4-10(11)14-9(2)8-13-7-5-6-12-3/h9-11H,4-8H2,1-3H3. The maximum absolute atomic E-state index is 9.17. The second kappa shape index (κ2) is 9.40. The van der Waals surface area contributed by atoms with Crippen LogP contribution in [-0.4, -0.2) is 44.4 Å². The molecule has 0 aromatic carbocycles. The Morgan fingerprint density at radius 3 is 2.57 bits per heavy atom. The van der Waals surface area contributed by atoms with E-state index in [-0.39, 0.29) is 6.10 Å². The van der Waals surface area contributed by atoms with E-state index in [1.54, 1.807) is 7.11 Å². The fraction of sp³-hybridized carbons (Fsp3) is 1.00. The van der Waals surface area contributed by atoms with Gasteiger partial charge in [-0.15, -0.1) is 0 Å². The SMILES string of the molecule is CCC(O)OC(C)COCCCOC. The molecule has 0 aliphatic heterocycles. The number of methoxy groups -OCH3 is 1. The van der Waals surface area contributed by atoms with Crippen LogP contribution in [0.5, 0.6) is 0 Å². The zero-order chi connectivity index (χ0) is 10.8. The minimum atomic E-state index is -0.674. The molecule has 0 aliphatic rings. The van der Waals surface area contributed by atoms with E-state index >= 15 is 0 Å². The smallest absolute Gasteiger partial charge is 0.154 e. The summed E-state index contributed by atoms with van der Waals surface area (Å²) in [5.41, 5.74) is 0. The molecule has 0 spiro atoms. The summed E-state index contributed by atoms with van der Waals surface area (Å²) in [6, 6.07) is 0. The summed E-state index contributed by atoms with van der Waals surface area (Å²) >= 11 is 0. The van der Waals surface area contributed by atoms with Crippen LogP contribution in [0.2, 0.25) is 0 Å². The summed E-state index contributed by atoms with van der Waals surface area (Å²) < 4.78 is 15.4. The van der Waals surface area contributed by atoms with Gasteiger partial charge in [0.25, 0.3) is 0 Å². The molecule has 0 fully saturated rings. The Kier molecular flexibility index (Phi) is 9.29. The molecule has 14 heavy (non-hydrogen) atoms. The third-order valence-electron chi connectivity index (χ3n) is 1.73. The highest BCUT2D eigenvalue weighted by atomic mass is 16.6. The van der Waals surface area contributed by atoms with Gasteiger partial charge in [0.2, 0.25) is 0 Å². The van der Waals surface area contributed by atoms with E-state index in [0.29, 0.717) is 26.2 Å². The molecule has 0 aromatic heterocycles. The fourth-order valence-corrected chi connectivity index (χ4v) is 0.958. The van der Waals surface area contributed by atoms with Crippen LogP contribution >= 0.6 is 0 Å². The largest absolute Gasteiger partial charge is 0.385 e. The van der Waals surface area contributed by atoms with Gasteiger partial charge in [-0.2, -0.15) is 0 Å². The van der Waals surface area contributed by atoms with Crippen LogP contribution in [0.3, 0.4) is 0 Å². The molecule has 2 unspecified atom stereocenters. The Balaban J connectivity index is 3.22. The minimum Gasteiger partial charge on any atom is -0.385 e. The van der Waals surface area contributed by atoms with Crippen molar-refractivity contribution in [2.75, 3.05) is 26.9 Å². The summed E-state index contributed by atoms with van der Waals surface area (Å²) in [6.45, 7) is 5.66. The molecule has 0 heterocycles. The average Bonchev–Trinajstić information content (AvgIpc) is 2.17. The van der Waals surface area contributed by atoms with Crippen molar-refractivity contribution < 1.29 is 19.3 Å². The van der Waals surface area contributed by atoms with Crippen molar-refractivity contribution >= 4 is 0 Å². The molecule has 1 N–H and O–H groups in total. The second-order valence-corrected chi connectivity index (χ2v) is 3.23. The van der Waals surface area contributed by atoms with Gasteiger partial charge < -0.3 is 19.3 Å². The van der Waals surface area contributed by atoms with Gasteiger partial charge in [0.15, 0.2) is 6.29 Å². The van der Waals surface area contributed by atoms with Crippen LogP contribution < -0.4 is 0 Å². The first-order valence-electron chi connectivity index (χ1n) is 5.10. The van der Waals surface area contributed by atoms with Crippen LogP contribution in [0, 0.1) is 0 Å². The Hall–Kier alpha value is -0.160. The van der Waals surface area contributed by atoms with E-state index in [9.17, 15) is 5.11 Å². The van der Waals surface area contributed by atoms with Crippen molar-refractivity contribution in [3.63, 3.8) is 0 Å². The second-order valence-electron chi connectivity index (χ2n) is 3.23. The topological polar surface area (TPSA) is 47.9 Å². The summed E-state index contributed by atoms with van der Waals surface area (Å²) in [5.74, 6) is 0. The zero-order valence-corrected chi connectivity index (χ0v) is 9.36. The average molecular weight is 206 g/mol. The predicted molar refractivity (Wildman–Crippen MR) is 54.2 cm³/mol. The Morgan fingerprint density at radius 2 is 2.00 bits per heavy atom. The van der Waals surface area contributed by atoms with Gasteiger partial charge in [-0.25, -0.2) is 0 Å². The lowest BCUT2D eigenvalue weighted by Crippen LogP contribution is -2.23. The molecular weight excluding hydrogens is 184 g/mol. The molecule has 0 bridgehead atoms. The highest BCUT2D eigenvalue weighted by Gasteiger charge is 2.07. The predicted octanol–water partition coefficient (Wildman–Crippen LogP) is 1.17. The molecule has 0 amide bonds. The van der Waals surface area contributed by atoms with E-state index in [1.165, 1.54) is 0 Å². The van der Waals surface area contributed by atoms with Crippen molar-refractivity contribution in [3.05, 3.63) is 0 Å². The number of ether oxygens (including phenoxy) is 3. The van der Waals surface area contributed by atoms with E-state index in [1.807, 2.05) is 13.8 Å². The lowest BCUT2D eigenvalue weighted by Gasteiger charge is -2.16. The molecule has 0 saturated heterocycles. The highest BCUT2D eigenvalue weighted by Crippen LogP contribution is 2.00. The molecule has 4 heteroatoms. The van der Waals surface area contributed by atoms with Gasteiger partial charge >= 0.3 is 0 Å². The van der Waals surface area contributed by atoms with E-state index < -0.39 is 6.29 Å². The molecule has 0 aromatic rings. The number of hydrogen-bond acceptors (Lipinski definition) is 4. The number of rotatable bonds is 9. The van der Waals surface area contributed by atoms with Crippen molar-refractivity contribution in [2.24, 2.45) is 0 Å². The Labute approximate surface area is 86.2 Å². The van der Waals surface area contributed by atoms with E-state index in [0.717, 1.165) is 6.42 Å².